The lowest BCUT2D eigenvalue weighted by Gasteiger charge is -2.35. The Bertz CT molecular complexity index is 1060. The third-order valence-corrected chi connectivity index (χ3v) is 6.72. The first kappa shape index (κ1) is 24.4. The Hall–Kier alpha value is -2.27. The molecular weight excluding hydrogens is 502 g/mol. The monoisotopic (exact) mass is 525 g/mol. The van der Waals surface area contributed by atoms with Gasteiger partial charge in [-0.1, -0.05) is 58.4 Å². The van der Waals surface area contributed by atoms with Crippen LogP contribution in [-0.2, 0) is 33.8 Å². The van der Waals surface area contributed by atoms with E-state index in [4.69, 9.17) is 14.2 Å². The molecule has 0 N–H and O–H groups in total. The van der Waals surface area contributed by atoms with E-state index in [-0.39, 0.29) is 13.2 Å². The second kappa shape index (κ2) is 9.70. The highest BCUT2D eigenvalue weighted by Crippen LogP contribution is 2.52. The molecule has 1 fully saturated rings. The standard InChI is InChI=1S/C22H24BrNO7S/c1-4-29-20(25)22(21(26)30-5-2)18(15-9-7-6-8-10-15)31-19(24(22)32(3,27)28)16-11-13-17(23)14-12-16/h6-14,18-19H,4-5H2,1-3H3/t18-,19+/m0/s1. The number of hydrogen-bond donors (Lipinski definition) is 0. The Morgan fingerprint density at radius 1 is 0.969 bits per heavy atom. The van der Waals surface area contributed by atoms with Gasteiger partial charge in [0.25, 0.3) is 5.54 Å². The Morgan fingerprint density at radius 3 is 1.97 bits per heavy atom. The summed E-state index contributed by atoms with van der Waals surface area (Å²) in [5.74, 6) is -2.12. The van der Waals surface area contributed by atoms with Crippen LogP contribution in [0.1, 0.15) is 37.3 Å². The molecule has 1 aliphatic heterocycles. The van der Waals surface area contributed by atoms with Crippen LogP contribution in [0.4, 0.5) is 0 Å². The Morgan fingerprint density at radius 2 is 1.50 bits per heavy atom. The molecule has 32 heavy (non-hydrogen) atoms. The van der Waals surface area contributed by atoms with E-state index >= 15 is 0 Å². The first-order valence-corrected chi connectivity index (χ1v) is 12.6. The molecule has 1 aliphatic rings. The normalized spacial score (nSPS) is 20.6. The highest BCUT2D eigenvalue weighted by Gasteiger charge is 2.70. The summed E-state index contributed by atoms with van der Waals surface area (Å²) in [5.41, 5.74) is -1.53. The third kappa shape index (κ3) is 4.32. The smallest absolute Gasteiger partial charge is 0.342 e. The van der Waals surface area contributed by atoms with Crippen LogP contribution in [0.2, 0.25) is 0 Å². The zero-order valence-electron chi connectivity index (χ0n) is 17.9. The first-order chi connectivity index (χ1) is 15.2. The molecule has 2 atom stereocenters. The molecule has 0 saturated carbocycles. The van der Waals surface area contributed by atoms with Crippen molar-refractivity contribution in [3.05, 3.63) is 70.2 Å². The van der Waals surface area contributed by atoms with E-state index in [1.54, 1.807) is 68.4 Å². The molecule has 0 amide bonds. The maximum absolute atomic E-state index is 13.4. The molecule has 0 spiro atoms. The number of nitrogens with zero attached hydrogens (tertiary/aromatic N) is 1. The average molecular weight is 526 g/mol. The number of carbonyl (C=O) groups is 2. The second-order valence-electron chi connectivity index (χ2n) is 7.10. The molecule has 0 aromatic heterocycles. The van der Waals surface area contributed by atoms with Gasteiger partial charge in [-0.15, -0.1) is 4.31 Å². The van der Waals surface area contributed by atoms with E-state index in [0.717, 1.165) is 15.0 Å². The van der Waals surface area contributed by atoms with Crippen LogP contribution >= 0.6 is 15.9 Å². The number of sulfonamides is 1. The number of rotatable bonds is 7. The summed E-state index contributed by atoms with van der Waals surface area (Å²) < 4.78 is 44.5. The van der Waals surface area contributed by atoms with E-state index in [9.17, 15) is 18.0 Å². The van der Waals surface area contributed by atoms with Crippen LogP contribution in [0.5, 0.6) is 0 Å². The zero-order valence-corrected chi connectivity index (χ0v) is 20.3. The summed E-state index contributed by atoms with van der Waals surface area (Å²) in [6, 6.07) is 15.2. The second-order valence-corrected chi connectivity index (χ2v) is 9.87. The van der Waals surface area contributed by atoms with Gasteiger partial charge in [0, 0.05) is 4.47 Å². The topological polar surface area (TPSA) is 99.2 Å². The Labute approximate surface area is 195 Å². The predicted octanol–water partition coefficient (Wildman–Crippen LogP) is 3.35. The molecule has 2 aromatic rings. The number of ether oxygens (including phenoxy) is 3. The van der Waals surface area contributed by atoms with Gasteiger partial charge in [0.15, 0.2) is 6.23 Å². The molecule has 172 valence electrons. The van der Waals surface area contributed by atoms with E-state index in [1.165, 1.54) is 0 Å². The van der Waals surface area contributed by atoms with Gasteiger partial charge in [0.05, 0.1) is 19.5 Å². The fourth-order valence-corrected chi connectivity index (χ4v) is 5.32. The molecule has 1 heterocycles. The SMILES string of the molecule is CCOC(=O)C1(C(=O)OCC)[C@H](c2ccccc2)O[C@H](c2ccc(Br)cc2)N1S(C)(=O)=O. The van der Waals surface area contributed by atoms with Crippen molar-refractivity contribution in [2.75, 3.05) is 19.5 Å². The van der Waals surface area contributed by atoms with Crippen molar-refractivity contribution in [2.45, 2.75) is 31.7 Å². The molecule has 8 nitrogen and oxygen atoms in total. The van der Waals surface area contributed by atoms with Crippen LogP contribution in [0, 0.1) is 0 Å². The van der Waals surface area contributed by atoms with Gasteiger partial charge in [0.1, 0.15) is 6.10 Å². The fourth-order valence-electron chi connectivity index (χ4n) is 3.77. The van der Waals surface area contributed by atoms with Crippen molar-refractivity contribution in [1.82, 2.24) is 4.31 Å². The minimum atomic E-state index is -4.19. The first-order valence-electron chi connectivity index (χ1n) is 9.97. The largest absolute Gasteiger partial charge is 0.464 e. The van der Waals surface area contributed by atoms with E-state index in [2.05, 4.69) is 15.9 Å². The molecule has 0 aliphatic carbocycles. The van der Waals surface area contributed by atoms with Gasteiger partial charge in [-0.2, -0.15) is 0 Å². The van der Waals surface area contributed by atoms with E-state index in [0.29, 0.717) is 11.1 Å². The van der Waals surface area contributed by atoms with Crippen molar-refractivity contribution >= 4 is 37.9 Å². The van der Waals surface area contributed by atoms with Crippen LogP contribution in [0.15, 0.2) is 59.1 Å². The average Bonchev–Trinajstić information content (AvgIpc) is 3.13. The number of benzene rings is 2. The maximum Gasteiger partial charge on any atom is 0.342 e. The number of esters is 2. The third-order valence-electron chi connectivity index (χ3n) is 4.99. The lowest BCUT2D eigenvalue weighted by Crippen LogP contribution is -2.62. The summed E-state index contributed by atoms with van der Waals surface area (Å²) in [6.45, 7) is 3.01. The molecule has 1 saturated heterocycles. The van der Waals surface area contributed by atoms with Gasteiger partial charge in [-0.05, 0) is 37.1 Å². The molecule has 10 heteroatoms. The maximum atomic E-state index is 13.4. The van der Waals surface area contributed by atoms with Gasteiger partial charge >= 0.3 is 11.9 Å². The van der Waals surface area contributed by atoms with Crippen molar-refractivity contribution in [2.24, 2.45) is 0 Å². The number of halogens is 1. The highest BCUT2D eigenvalue weighted by molar-refractivity contribution is 9.10. The fraction of sp³-hybridized carbons (Fsp3) is 0.364. The van der Waals surface area contributed by atoms with E-state index in [1.807, 2.05) is 0 Å². The minimum Gasteiger partial charge on any atom is -0.464 e. The molecular formula is C22H24BrNO7S. The number of hydrogen-bond acceptors (Lipinski definition) is 7. The molecule has 3 rings (SSSR count). The van der Waals surface area contributed by atoms with Crippen LogP contribution in [-0.4, -0.2) is 49.7 Å². The number of carbonyl (C=O) groups excluding carboxylic acids is 2. The Balaban J connectivity index is 2.34. The molecule has 0 unspecified atom stereocenters. The quantitative estimate of drug-likeness (QED) is 0.403. The summed E-state index contributed by atoms with van der Waals surface area (Å²) in [7, 11) is -4.19. The highest BCUT2D eigenvalue weighted by atomic mass is 79.9. The lowest BCUT2D eigenvalue weighted by molar-refractivity contribution is -0.172. The molecule has 0 radical (unpaired) electrons. The zero-order chi connectivity index (χ0) is 23.5. The Kier molecular flexibility index (Phi) is 7.39. The van der Waals surface area contributed by atoms with Crippen molar-refractivity contribution in [1.29, 1.82) is 0 Å². The van der Waals surface area contributed by atoms with Gasteiger partial charge in [0.2, 0.25) is 10.0 Å². The van der Waals surface area contributed by atoms with Crippen molar-refractivity contribution < 1.29 is 32.2 Å². The minimum absolute atomic E-state index is 0.0674. The summed E-state index contributed by atoms with van der Waals surface area (Å²) in [6.07, 6.45) is -1.65. The predicted molar refractivity (Wildman–Crippen MR) is 120 cm³/mol. The van der Waals surface area contributed by atoms with Crippen molar-refractivity contribution in [3.63, 3.8) is 0 Å². The molecule has 2 aromatic carbocycles. The lowest BCUT2D eigenvalue weighted by atomic mass is 9.88. The summed E-state index contributed by atoms with van der Waals surface area (Å²) in [4.78, 5) is 26.9. The molecule has 0 bridgehead atoms. The van der Waals surface area contributed by atoms with E-state index < -0.39 is 39.8 Å². The van der Waals surface area contributed by atoms with Gasteiger partial charge in [-0.3, -0.25) is 0 Å². The summed E-state index contributed by atoms with van der Waals surface area (Å²) >= 11 is 3.35. The van der Waals surface area contributed by atoms with Crippen LogP contribution < -0.4 is 0 Å². The van der Waals surface area contributed by atoms with Crippen LogP contribution in [0.3, 0.4) is 0 Å². The van der Waals surface area contributed by atoms with Crippen molar-refractivity contribution in [3.8, 4) is 0 Å². The van der Waals surface area contributed by atoms with Gasteiger partial charge in [-0.25, -0.2) is 18.0 Å². The van der Waals surface area contributed by atoms with Gasteiger partial charge < -0.3 is 14.2 Å². The summed E-state index contributed by atoms with van der Waals surface area (Å²) in [5, 5.41) is 0. The van der Waals surface area contributed by atoms with Crippen LogP contribution in [0.25, 0.3) is 0 Å².